The first-order chi connectivity index (χ1) is 6.16. The fourth-order valence-electron chi connectivity index (χ4n) is 0.475. The van der Waals surface area contributed by atoms with Crippen LogP contribution in [0.4, 0.5) is 0 Å². The summed E-state index contributed by atoms with van der Waals surface area (Å²) in [6.07, 6.45) is 5.39. The van der Waals surface area contributed by atoms with E-state index < -0.39 is 0 Å². The van der Waals surface area contributed by atoms with Gasteiger partial charge in [0, 0.05) is 6.21 Å². The van der Waals surface area contributed by atoms with Crippen molar-refractivity contribution in [1.82, 2.24) is 0 Å². The zero-order valence-electron chi connectivity index (χ0n) is 9.46. The minimum absolute atomic E-state index is 0.744. The average Bonchev–Trinajstić information content (AvgIpc) is 2.15. The Morgan fingerprint density at radius 3 is 2.15 bits per heavy atom. The minimum atomic E-state index is 0.744. The van der Waals surface area contributed by atoms with Crippen LogP contribution >= 0.6 is 0 Å². The van der Waals surface area contributed by atoms with Crippen LogP contribution < -0.4 is 5.73 Å². The van der Waals surface area contributed by atoms with E-state index in [2.05, 4.69) is 24.9 Å². The highest BCUT2D eigenvalue weighted by Gasteiger charge is 1.78. The number of nitrogens with zero attached hydrogens (tertiary/aromatic N) is 1. The fraction of sp³-hybridized carbons (Fsp3) is 0.545. The normalized spacial score (nSPS) is 10.7. The molecule has 0 amide bonds. The molecule has 0 saturated carbocycles. The minimum Gasteiger partial charge on any atom is -0.404 e. The monoisotopic (exact) mass is 182 g/mol. The van der Waals surface area contributed by atoms with Crippen molar-refractivity contribution in [2.24, 2.45) is 10.7 Å². The third-order valence-corrected chi connectivity index (χ3v) is 1.16. The van der Waals surface area contributed by atoms with E-state index in [-0.39, 0.29) is 0 Å². The van der Waals surface area contributed by atoms with Crippen molar-refractivity contribution in [1.29, 1.82) is 0 Å². The molecule has 0 bridgehead atoms. The summed E-state index contributed by atoms with van der Waals surface area (Å²) >= 11 is 0. The van der Waals surface area contributed by atoms with Gasteiger partial charge in [-0.1, -0.05) is 25.5 Å². The van der Waals surface area contributed by atoms with E-state index >= 15 is 0 Å². The lowest BCUT2D eigenvalue weighted by atomic mass is 10.3. The maximum atomic E-state index is 5.25. The predicted octanol–water partition coefficient (Wildman–Crippen LogP) is 2.91. The Kier molecular flexibility index (Phi) is 12.2. The molecule has 2 heteroatoms. The standard InChI is InChI=1S/C9H16N2.C2H6/c1-8(2)4-5-11-7-9(3)6-10;1-2/h4,6-7H,5,10H2,1-3H3;1-2H3/b9-6-,11-7?;. The molecule has 0 aromatic rings. The first-order valence-corrected chi connectivity index (χ1v) is 4.68. The van der Waals surface area contributed by atoms with Gasteiger partial charge in [-0.25, -0.2) is 0 Å². The number of hydrogen-bond acceptors (Lipinski definition) is 2. The first-order valence-electron chi connectivity index (χ1n) is 4.68. The van der Waals surface area contributed by atoms with Crippen LogP contribution in [-0.4, -0.2) is 12.8 Å². The molecule has 0 spiro atoms. The summed E-state index contributed by atoms with van der Waals surface area (Å²) in [4.78, 5) is 4.13. The maximum Gasteiger partial charge on any atom is 0.0572 e. The molecule has 0 rings (SSSR count). The van der Waals surface area contributed by atoms with Gasteiger partial charge in [-0.05, 0) is 32.5 Å². The highest BCUT2D eigenvalue weighted by atomic mass is 14.7. The summed E-state index contributed by atoms with van der Waals surface area (Å²) in [5.41, 5.74) is 7.53. The van der Waals surface area contributed by atoms with Crippen LogP contribution in [0.15, 0.2) is 28.4 Å². The topological polar surface area (TPSA) is 38.4 Å². The zero-order chi connectivity index (χ0) is 10.7. The second kappa shape index (κ2) is 11.0. The highest BCUT2D eigenvalue weighted by molar-refractivity contribution is 5.77. The lowest BCUT2D eigenvalue weighted by Crippen LogP contribution is -1.86. The van der Waals surface area contributed by atoms with E-state index in [0.717, 1.165) is 12.1 Å². The maximum absolute atomic E-state index is 5.25. The summed E-state index contributed by atoms with van der Waals surface area (Å²) < 4.78 is 0. The molecule has 0 aromatic carbocycles. The summed E-state index contributed by atoms with van der Waals surface area (Å²) in [7, 11) is 0. The largest absolute Gasteiger partial charge is 0.404 e. The molecule has 0 heterocycles. The Hall–Kier alpha value is -1.05. The quantitative estimate of drug-likeness (QED) is 0.529. The van der Waals surface area contributed by atoms with Crippen molar-refractivity contribution in [3.8, 4) is 0 Å². The van der Waals surface area contributed by atoms with Gasteiger partial charge in [0.1, 0.15) is 0 Å². The molecule has 0 aliphatic carbocycles. The number of rotatable bonds is 3. The molecular formula is C11H22N2. The van der Waals surface area contributed by atoms with Gasteiger partial charge >= 0.3 is 0 Å². The van der Waals surface area contributed by atoms with Gasteiger partial charge in [0.15, 0.2) is 0 Å². The van der Waals surface area contributed by atoms with E-state index in [1.807, 2.05) is 20.8 Å². The third-order valence-electron chi connectivity index (χ3n) is 1.16. The molecule has 0 aliphatic heterocycles. The highest BCUT2D eigenvalue weighted by Crippen LogP contribution is 1.88. The van der Waals surface area contributed by atoms with Crippen LogP contribution in [0, 0.1) is 0 Å². The van der Waals surface area contributed by atoms with Crippen molar-refractivity contribution in [3.05, 3.63) is 23.4 Å². The van der Waals surface area contributed by atoms with Crippen LogP contribution in [0.25, 0.3) is 0 Å². The molecule has 13 heavy (non-hydrogen) atoms. The van der Waals surface area contributed by atoms with E-state index in [1.165, 1.54) is 5.57 Å². The lowest BCUT2D eigenvalue weighted by Gasteiger charge is -1.88. The second-order valence-corrected chi connectivity index (χ2v) is 2.69. The molecule has 0 atom stereocenters. The summed E-state index contributed by atoms with van der Waals surface area (Å²) in [5.74, 6) is 0. The Morgan fingerprint density at radius 2 is 1.77 bits per heavy atom. The van der Waals surface area contributed by atoms with Gasteiger partial charge in [-0.2, -0.15) is 0 Å². The molecule has 0 aliphatic rings. The summed E-state index contributed by atoms with van der Waals surface area (Å²) in [5, 5.41) is 0. The molecule has 0 fully saturated rings. The van der Waals surface area contributed by atoms with Gasteiger partial charge in [0.2, 0.25) is 0 Å². The molecule has 0 saturated heterocycles. The van der Waals surface area contributed by atoms with Crippen molar-refractivity contribution in [3.63, 3.8) is 0 Å². The van der Waals surface area contributed by atoms with Crippen LogP contribution in [0.1, 0.15) is 34.6 Å². The average molecular weight is 182 g/mol. The van der Waals surface area contributed by atoms with E-state index in [1.54, 1.807) is 12.4 Å². The Bertz CT molecular complexity index is 184. The van der Waals surface area contributed by atoms with Gasteiger partial charge in [-0.3, -0.25) is 4.99 Å². The van der Waals surface area contributed by atoms with Crippen molar-refractivity contribution < 1.29 is 0 Å². The van der Waals surface area contributed by atoms with Crippen molar-refractivity contribution in [2.45, 2.75) is 34.6 Å². The predicted molar refractivity (Wildman–Crippen MR) is 62.1 cm³/mol. The fourth-order valence-corrected chi connectivity index (χ4v) is 0.475. The van der Waals surface area contributed by atoms with Crippen molar-refractivity contribution >= 4 is 6.21 Å². The molecule has 2 N–H and O–H groups in total. The van der Waals surface area contributed by atoms with Gasteiger partial charge in [0.25, 0.3) is 0 Å². The number of hydrogen-bond donors (Lipinski definition) is 1. The number of nitrogens with two attached hydrogens (primary N) is 1. The van der Waals surface area contributed by atoms with Crippen molar-refractivity contribution in [2.75, 3.05) is 6.54 Å². The number of allylic oxidation sites excluding steroid dienone is 2. The van der Waals surface area contributed by atoms with E-state index in [4.69, 9.17) is 5.73 Å². The molecule has 2 nitrogen and oxygen atoms in total. The molecule has 0 radical (unpaired) electrons. The van der Waals surface area contributed by atoms with Crippen LogP contribution in [-0.2, 0) is 0 Å². The SMILES string of the molecule is CC.CC(C)=CCN=C/C(C)=C\N. The van der Waals surface area contributed by atoms with E-state index in [0.29, 0.717) is 0 Å². The van der Waals surface area contributed by atoms with Crippen LogP contribution in [0.5, 0.6) is 0 Å². The van der Waals surface area contributed by atoms with Gasteiger partial charge < -0.3 is 5.73 Å². The Morgan fingerprint density at radius 1 is 1.23 bits per heavy atom. The zero-order valence-corrected chi connectivity index (χ0v) is 9.46. The smallest absolute Gasteiger partial charge is 0.0572 e. The molecular weight excluding hydrogens is 160 g/mol. The number of aliphatic imine (C=N–C) groups is 1. The van der Waals surface area contributed by atoms with Gasteiger partial charge in [-0.15, -0.1) is 0 Å². The Balaban J connectivity index is 0. The third kappa shape index (κ3) is 13.9. The van der Waals surface area contributed by atoms with E-state index in [9.17, 15) is 0 Å². The molecule has 0 aromatic heterocycles. The van der Waals surface area contributed by atoms with Crippen LogP contribution in [0.3, 0.4) is 0 Å². The summed E-state index contributed by atoms with van der Waals surface area (Å²) in [6.45, 7) is 10.8. The van der Waals surface area contributed by atoms with Crippen LogP contribution in [0.2, 0.25) is 0 Å². The first kappa shape index (κ1) is 14.5. The molecule has 0 unspecified atom stereocenters. The van der Waals surface area contributed by atoms with Gasteiger partial charge in [0.05, 0.1) is 6.54 Å². The summed E-state index contributed by atoms with van der Waals surface area (Å²) in [6, 6.07) is 0. The Labute approximate surface area is 82.3 Å². The second-order valence-electron chi connectivity index (χ2n) is 2.69. The lowest BCUT2D eigenvalue weighted by molar-refractivity contribution is 1.20. The molecule has 76 valence electrons.